The van der Waals surface area contributed by atoms with Crippen LogP contribution in [0.15, 0.2) is 0 Å². The molecule has 1 rings (SSSR count). The number of aliphatic carboxylic acids is 1. The molecule has 0 unspecified atom stereocenters. The van der Waals surface area contributed by atoms with E-state index in [1.54, 1.807) is 0 Å². The van der Waals surface area contributed by atoms with Crippen LogP contribution in [0.1, 0.15) is 25.7 Å². The van der Waals surface area contributed by atoms with Gasteiger partial charge >= 0.3 is 29.6 Å². The Morgan fingerprint density at radius 3 is 2.33 bits per heavy atom. The second kappa shape index (κ2) is 6.89. The van der Waals surface area contributed by atoms with Gasteiger partial charge in [0, 0.05) is 12.5 Å². The van der Waals surface area contributed by atoms with Crippen molar-refractivity contribution >= 4 is 5.97 Å². The molecular weight excluding hydrogens is 165 g/mol. The molecule has 0 aliphatic carbocycles. The first-order valence-electron chi connectivity index (χ1n) is 4.21. The van der Waals surface area contributed by atoms with Crippen LogP contribution in [0.2, 0.25) is 0 Å². The summed E-state index contributed by atoms with van der Waals surface area (Å²) in [6.07, 6.45) is 3.90. The molecule has 12 heavy (non-hydrogen) atoms. The fourth-order valence-electron chi connectivity index (χ4n) is 1.43. The first-order chi connectivity index (χ1) is 5.29. The molecule has 0 bridgehead atoms. The number of carbonyl (C=O) groups is 1. The minimum absolute atomic E-state index is 0. The zero-order valence-electron chi connectivity index (χ0n) is 7.71. The number of carboxylic acids is 1. The van der Waals surface area contributed by atoms with Crippen LogP contribution in [-0.4, -0.2) is 30.5 Å². The van der Waals surface area contributed by atoms with Gasteiger partial charge in [-0.25, -0.2) is 0 Å². The van der Waals surface area contributed by atoms with Crippen LogP contribution in [0, 0.1) is 0 Å². The van der Waals surface area contributed by atoms with E-state index in [0.29, 0.717) is 6.54 Å². The summed E-state index contributed by atoms with van der Waals surface area (Å²) in [6, 6.07) is 0. The molecule has 1 aliphatic heterocycles. The normalized spacial score (nSPS) is 18.3. The van der Waals surface area contributed by atoms with Crippen molar-refractivity contribution in [2.75, 3.05) is 19.6 Å². The minimum Gasteiger partial charge on any atom is -0.550 e. The quantitative estimate of drug-likeness (QED) is 0.424. The van der Waals surface area contributed by atoms with Crippen molar-refractivity contribution in [3.63, 3.8) is 0 Å². The molecule has 0 saturated carbocycles. The zero-order valence-corrected chi connectivity index (χ0v) is 9.71. The Morgan fingerprint density at radius 2 is 1.83 bits per heavy atom. The van der Waals surface area contributed by atoms with Crippen molar-refractivity contribution in [2.45, 2.75) is 25.7 Å². The summed E-state index contributed by atoms with van der Waals surface area (Å²) in [7, 11) is 0. The third kappa shape index (κ3) is 5.14. The summed E-state index contributed by atoms with van der Waals surface area (Å²) in [5.74, 6) is -0.935. The van der Waals surface area contributed by atoms with Crippen molar-refractivity contribution < 1.29 is 39.5 Å². The Hall–Kier alpha value is 0.430. The summed E-state index contributed by atoms with van der Waals surface area (Å²) in [5.41, 5.74) is 0. The van der Waals surface area contributed by atoms with Gasteiger partial charge in [-0.05, 0) is 32.4 Å². The summed E-state index contributed by atoms with van der Waals surface area (Å²) in [6.45, 7) is 2.79. The van der Waals surface area contributed by atoms with Gasteiger partial charge in [0.15, 0.2) is 0 Å². The maximum atomic E-state index is 10.1. The van der Waals surface area contributed by atoms with E-state index in [1.807, 2.05) is 0 Å². The molecule has 0 N–H and O–H groups in total. The Labute approximate surface area is 95.4 Å². The Kier molecular flexibility index (Phi) is 7.14. The summed E-state index contributed by atoms with van der Waals surface area (Å²) < 4.78 is 0. The number of hydrogen-bond donors (Lipinski definition) is 0. The molecule has 0 amide bonds. The molecule has 0 aromatic heterocycles. The average Bonchev–Trinajstić information content (AvgIpc) is 2.03. The van der Waals surface area contributed by atoms with Crippen molar-refractivity contribution in [2.24, 2.45) is 0 Å². The predicted octanol–water partition coefficient (Wildman–Crippen LogP) is -3.38. The predicted molar refractivity (Wildman–Crippen MR) is 39.9 cm³/mol. The van der Waals surface area contributed by atoms with Crippen molar-refractivity contribution in [1.82, 2.24) is 4.90 Å². The van der Waals surface area contributed by atoms with Crippen molar-refractivity contribution in [3.05, 3.63) is 0 Å². The Balaban J connectivity index is 0.00000121. The third-order valence-corrected chi connectivity index (χ3v) is 2.08. The second-order valence-electron chi connectivity index (χ2n) is 3.02. The first kappa shape index (κ1) is 12.4. The second-order valence-corrected chi connectivity index (χ2v) is 3.02. The number of hydrogen-bond acceptors (Lipinski definition) is 3. The number of carbonyl (C=O) groups excluding carboxylic acids is 1. The molecule has 1 aliphatic rings. The molecule has 0 atom stereocenters. The largest absolute Gasteiger partial charge is 1.00 e. The van der Waals surface area contributed by atoms with E-state index in [0.717, 1.165) is 13.1 Å². The van der Waals surface area contributed by atoms with Crippen LogP contribution in [0.3, 0.4) is 0 Å². The maximum absolute atomic E-state index is 10.1. The maximum Gasteiger partial charge on any atom is 1.00 e. The van der Waals surface area contributed by atoms with Crippen LogP contribution < -0.4 is 34.7 Å². The van der Waals surface area contributed by atoms with Gasteiger partial charge in [0.05, 0.1) is 0 Å². The smallest absolute Gasteiger partial charge is 0.550 e. The molecule has 3 nitrogen and oxygen atoms in total. The number of carboxylic acid groups (broad SMARTS) is 1. The molecule has 4 heteroatoms. The number of piperidine rings is 1. The van der Waals surface area contributed by atoms with Gasteiger partial charge in [-0.3, -0.25) is 0 Å². The molecule has 1 fully saturated rings. The number of likely N-dealkylation sites (tertiary alicyclic amines) is 1. The van der Waals surface area contributed by atoms with E-state index in [4.69, 9.17) is 0 Å². The van der Waals surface area contributed by atoms with Crippen LogP contribution >= 0.6 is 0 Å². The molecule has 1 heterocycles. The van der Waals surface area contributed by atoms with Gasteiger partial charge in [0.1, 0.15) is 0 Å². The summed E-state index contributed by atoms with van der Waals surface area (Å²) in [5, 5.41) is 10.1. The van der Waals surface area contributed by atoms with Gasteiger partial charge in [-0.2, -0.15) is 0 Å². The van der Waals surface area contributed by atoms with Crippen LogP contribution in [0.25, 0.3) is 0 Å². The zero-order chi connectivity index (χ0) is 8.10. The molecule has 0 aromatic carbocycles. The standard InChI is InChI=1S/C8H15NO2.Na/c10-8(11)4-7-9-5-2-1-3-6-9;/h1-7H2,(H,10,11);/q;+1/p-1. The van der Waals surface area contributed by atoms with Gasteiger partial charge in [-0.15, -0.1) is 0 Å². The molecular formula is C8H14NNaO2. The van der Waals surface area contributed by atoms with Crippen molar-refractivity contribution in [1.29, 1.82) is 0 Å². The van der Waals surface area contributed by atoms with E-state index in [-0.39, 0.29) is 36.0 Å². The molecule has 0 radical (unpaired) electrons. The number of rotatable bonds is 3. The monoisotopic (exact) mass is 179 g/mol. The molecule has 1 saturated heterocycles. The average molecular weight is 179 g/mol. The molecule has 0 spiro atoms. The van der Waals surface area contributed by atoms with Crippen LogP contribution in [0.5, 0.6) is 0 Å². The number of nitrogens with zero attached hydrogens (tertiary/aromatic N) is 1. The van der Waals surface area contributed by atoms with Crippen LogP contribution in [0.4, 0.5) is 0 Å². The molecule has 0 aromatic rings. The van der Waals surface area contributed by atoms with Gasteiger partial charge in [-0.1, -0.05) is 6.42 Å². The summed E-state index contributed by atoms with van der Waals surface area (Å²) in [4.78, 5) is 12.3. The van der Waals surface area contributed by atoms with Crippen LogP contribution in [-0.2, 0) is 4.79 Å². The SMILES string of the molecule is O=C([O-])CCN1CCCCC1.[Na+]. The van der Waals surface area contributed by atoms with Gasteiger partial charge in [0.2, 0.25) is 0 Å². The fourth-order valence-corrected chi connectivity index (χ4v) is 1.43. The minimum atomic E-state index is -0.935. The topological polar surface area (TPSA) is 43.4 Å². The van der Waals surface area contributed by atoms with Crippen molar-refractivity contribution in [3.8, 4) is 0 Å². The molecule has 64 valence electrons. The first-order valence-corrected chi connectivity index (χ1v) is 4.21. The van der Waals surface area contributed by atoms with E-state index in [2.05, 4.69) is 4.90 Å². The van der Waals surface area contributed by atoms with Gasteiger partial charge in [0.25, 0.3) is 0 Å². The van der Waals surface area contributed by atoms with E-state index in [9.17, 15) is 9.90 Å². The van der Waals surface area contributed by atoms with E-state index in [1.165, 1.54) is 19.3 Å². The van der Waals surface area contributed by atoms with E-state index >= 15 is 0 Å². The van der Waals surface area contributed by atoms with E-state index < -0.39 is 5.97 Å². The Bertz CT molecular complexity index is 135. The fraction of sp³-hybridized carbons (Fsp3) is 0.875. The third-order valence-electron chi connectivity index (χ3n) is 2.08. The van der Waals surface area contributed by atoms with Gasteiger partial charge < -0.3 is 14.8 Å². The summed E-state index contributed by atoms with van der Waals surface area (Å²) >= 11 is 0. The Morgan fingerprint density at radius 1 is 1.25 bits per heavy atom.